The van der Waals surface area contributed by atoms with Gasteiger partial charge in [0.15, 0.2) is 6.79 Å². The van der Waals surface area contributed by atoms with Crippen LogP contribution in [0.1, 0.15) is 52.0 Å². The van der Waals surface area contributed by atoms with E-state index < -0.39 is 7.12 Å². The van der Waals surface area contributed by atoms with Crippen LogP contribution in [0, 0.1) is 0 Å². The zero-order valence-corrected chi connectivity index (χ0v) is 14.1. The first-order valence-corrected chi connectivity index (χ1v) is 7.96. The van der Waals surface area contributed by atoms with E-state index in [0.29, 0.717) is 5.92 Å². The molecule has 0 N–H and O–H groups in total. The summed E-state index contributed by atoms with van der Waals surface area (Å²) in [4.78, 5) is 0. The van der Waals surface area contributed by atoms with Crippen molar-refractivity contribution in [2.75, 3.05) is 13.9 Å². The lowest BCUT2D eigenvalue weighted by Crippen LogP contribution is -2.41. The van der Waals surface area contributed by atoms with E-state index in [9.17, 15) is 0 Å². The van der Waals surface area contributed by atoms with Crippen molar-refractivity contribution in [3.63, 3.8) is 0 Å². The zero-order valence-electron chi connectivity index (χ0n) is 14.1. The number of rotatable bonds is 5. The molecule has 0 amide bonds. The van der Waals surface area contributed by atoms with Crippen LogP contribution in [0.15, 0.2) is 18.2 Å². The van der Waals surface area contributed by atoms with Crippen LogP contribution in [0.4, 0.5) is 0 Å². The number of hydrogen-bond donors (Lipinski definition) is 0. The lowest BCUT2D eigenvalue weighted by atomic mass is 9.74. The van der Waals surface area contributed by atoms with Gasteiger partial charge in [-0.05, 0) is 58.1 Å². The van der Waals surface area contributed by atoms with Crippen molar-refractivity contribution < 1.29 is 18.8 Å². The van der Waals surface area contributed by atoms with Gasteiger partial charge >= 0.3 is 7.12 Å². The van der Waals surface area contributed by atoms with Gasteiger partial charge in [0.2, 0.25) is 0 Å². The van der Waals surface area contributed by atoms with Crippen molar-refractivity contribution in [3.8, 4) is 5.75 Å². The van der Waals surface area contributed by atoms with Gasteiger partial charge in [-0.2, -0.15) is 0 Å². The van der Waals surface area contributed by atoms with Crippen LogP contribution in [-0.4, -0.2) is 32.2 Å². The quantitative estimate of drug-likeness (QED) is 0.619. The van der Waals surface area contributed by atoms with Gasteiger partial charge in [0.05, 0.1) is 11.2 Å². The van der Waals surface area contributed by atoms with E-state index in [1.54, 1.807) is 7.11 Å². The van der Waals surface area contributed by atoms with Crippen molar-refractivity contribution >= 4 is 12.6 Å². The maximum absolute atomic E-state index is 6.25. The number of ether oxygens (including phenoxy) is 2. The largest absolute Gasteiger partial charge is 0.498 e. The number of hydrogen-bond acceptors (Lipinski definition) is 4. The van der Waals surface area contributed by atoms with Gasteiger partial charge in [0, 0.05) is 12.6 Å². The molecule has 22 heavy (non-hydrogen) atoms. The molecule has 1 aromatic carbocycles. The molecule has 0 bridgehead atoms. The Morgan fingerprint density at radius 3 is 2.32 bits per heavy atom. The van der Waals surface area contributed by atoms with Crippen LogP contribution in [0.25, 0.3) is 0 Å². The van der Waals surface area contributed by atoms with Gasteiger partial charge in [-0.15, -0.1) is 0 Å². The molecule has 1 aliphatic heterocycles. The van der Waals surface area contributed by atoms with Gasteiger partial charge in [-0.25, -0.2) is 0 Å². The van der Waals surface area contributed by atoms with Crippen molar-refractivity contribution in [2.45, 2.75) is 57.7 Å². The van der Waals surface area contributed by atoms with Gasteiger partial charge in [0.25, 0.3) is 0 Å². The maximum atomic E-state index is 6.25. The van der Waals surface area contributed by atoms with E-state index in [1.807, 2.05) is 12.1 Å². The highest BCUT2D eigenvalue weighted by atomic mass is 16.7. The van der Waals surface area contributed by atoms with Gasteiger partial charge in [-0.3, -0.25) is 0 Å². The van der Waals surface area contributed by atoms with Crippen molar-refractivity contribution in [1.82, 2.24) is 0 Å². The number of benzene rings is 1. The summed E-state index contributed by atoms with van der Waals surface area (Å²) in [7, 11) is 1.23. The molecule has 3 rings (SSSR count). The Hall–Kier alpha value is -1.04. The highest BCUT2D eigenvalue weighted by molar-refractivity contribution is 6.63. The SMILES string of the molecule is COCOc1cccc(C2CC2)c1B1OC(C)(C)C(C)(C)O1. The van der Waals surface area contributed by atoms with Crippen molar-refractivity contribution in [1.29, 1.82) is 0 Å². The van der Waals surface area contributed by atoms with Crippen LogP contribution in [0.5, 0.6) is 5.75 Å². The van der Waals surface area contributed by atoms with E-state index in [1.165, 1.54) is 18.4 Å². The van der Waals surface area contributed by atoms with E-state index in [2.05, 4.69) is 33.8 Å². The molecule has 4 nitrogen and oxygen atoms in total. The Balaban J connectivity index is 1.98. The Morgan fingerprint density at radius 1 is 1.14 bits per heavy atom. The summed E-state index contributed by atoms with van der Waals surface area (Å²) >= 11 is 0. The molecule has 1 aliphatic carbocycles. The summed E-state index contributed by atoms with van der Waals surface area (Å²) in [5, 5.41) is 0. The Labute approximate surface area is 133 Å². The fourth-order valence-corrected chi connectivity index (χ4v) is 2.77. The molecular weight excluding hydrogens is 279 g/mol. The van der Waals surface area contributed by atoms with Crippen LogP contribution >= 0.6 is 0 Å². The summed E-state index contributed by atoms with van der Waals surface area (Å²) in [6.45, 7) is 8.51. The normalized spacial score (nSPS) is 22.9. The molecule has 1 heterocycles. The van der Waals surface area contributed by atoms with E-state index >= 15 is 0 Å². The first-order chi connectivity index (χ1) is 10.4. The van der Waals surface area contributed by atoms with Crippen molar-refractivity contribution in [3.05, 3.63) is 23.8 Å². The molecule has 0 atom stereocenters. The highest BCUT2D eigenvalue weighted by Crippen LogP contribution is 2.43. The molecule has 5 heteroatoms. The minimum absolute atomic E-state index is 0.223. The molecule has 0 radical (unpaired) electrons. The van der Waals surface area contributed by atoms with Crippen LogP contribution in [0.2, 0.25) is 0 Å². The third kappa shape index (κ3) is 2.77. The lowest BCUT2D eigenvalue weighted by Gasteiger charge is -2.32. The Bertz CT molecular complexity index is 536. The second-order valence-electron chi connectivity index (χ2n) is 7.17. The maximum Gasteiger partial charge on any atom is 0.498 e. The topological polar surface area (TPSA) is 36.9 Å². The predicted molar refractivity (Wildman–Crippen MR) is 86.6 cm³/mol. The smallest absolute Gasteiger partial charge is 0.468 e. The third-order valence-corrected chi connectivity index (χ3v) is 4.94. The fourth-order valence-electron chi connectivity index (χ4n) is 2.77. The van der Waals surface area contributed by atoms with Crippen LogP contribution in [-0.2, 0) is 14.0 Å². The summed E-state index contributed by atoms with van der Waals surface area (Å²) < 4.78 is 23.3. The van der Waals surface area contributed by atoms with E-state index in [4.69, 9.17) is 18.8 Å². The first-order valence-electron chi connectivity index (χ1n) is 7.96. The van der Waals surface area contributed by atoms with E-state index in [-0.39, 0.29) is 18.0 Å². The predicted octanol–water partition coefficient (Wildman–Crippen LogP) is 2.85. The van der Waals surface area contributed by atoms with E-state index in [0.717, 1.165) is 11.2 Å². The summed E-state index contributed by atoms with van der Waals surface area (Å²) in [6.07, 6.45) is 2.44. The fraction of sp³-hybridized carbons (Fsp3) is 0.647. The third-order valence-electron chi connectivity index (χ3n) is 4.94. The zero-order chi connectivity index (χ0) is 16.0. The molecule has 2 aliphatic rings. The van der Waals surface area contributed by atoms with Gasteiger partial charge in [-0.1, -0.05) is 12.1 Å². The monoisotopic (exact) mass is 304 g/mol. The summed E-state index contributed by atoms with van der Waals surface area (Å²) in [6, 6.07) is 6.16. The molecule has 1 saturated carbocycles. The first kappa shape index (κ1) is 15.8. The molecule has 0 aromatic heterocycles. The second kappa shape index (κ2) is 5.55. The molecule has 0 spiro atoms. The molecule has 0 unspecified atom stereocenters. The standard InChI is InChI=1S/C17H25BO4/c1-16(2)17(3,4)22-18(21-16)15-13(12-9-10-12)7-6-8-14(15)20-11-19-5/h6-8,12H,9-11H2,1-5H3. The molecular formula is C17H25BO4. The average molecular weight is 304 g/mol. The Kier molecular flexibility index (Phi) is 4.00. The minimum Gasteiger partial charge on any atom is -0.468 e. The highest BCUT2D eigenvalue weighted by Gasteiger charge is 2.53. The molecule has 120 valence electrons. The van der Waals surface area contributed by atoms with Crippen LogP contribution in [0.3, 0.4) is 0 Å². The van der Waals surface area contributed by atoms with Crippen molar-refractivity contribution in [2.24, 2.45) is 0 Å². The van der Waals surface area contributed by atoms with Crippen LogP contribution < -0.4 is 10.2 Å². The molecule has 1 saturated heterocycles. The summed E-state index contributed by atoms with van der Waals surface area (Å²) in [5.41, 5.74) is 1.60. The summed E-state index contributed by atoms with van der Waals surface area (Å²) in [5.74, 6) is 1.39. The second-order valence-corrected chi connectivity index (χ2v) is 7.17. The minimum atomic E-state index is -0.395. The Morgan fingerprint density at radius 2 is 1.77 bits per heavy atom. The lowest BCUT2D eigenvalue weighted by molar-refractivity contribution is 0.00578. The molecule has 1 aromatic rings. The molecule has 2 fully saturated rings. The number of methoxy groups -OCH3 is 1. The average Bonchev–Trinajstić information content (AvgIpc) is 3.24. The van der Waals surface area contributed by atoms with Gasteiger partial charge in [0.1, 0.15) is 5.75 Å². The van der Waals surface area contributed by atoms with Gasteiger partial charge < -0.3 is 18.8 Å².